The maximum Gasteiger partial charge on any atom is 0.390 e. The zero-order valence-corrected chi connectivity index (χ0v) is 14.0. The quantitative estimate of drug-likeness (QED) is 0.885. The lowest BCUT2D eigenvalue weighted by Gasteiger charge is -2.35. The Bertz CT molecular complexity index is 566. The molecular weight excluding hydrogens is 349 g/mol. The molecule has 0 radical (unpaired) electrons. The van der Waals surface area contributed by atoms with E-state index in [0.29, 0.717) is 49.0 Å². The van der Waals surface area contributed by atoms with Gasteiger partial charge in [-0.15, -0.1) is 12.4 Å². The van der Waals surface area contributed by atoms with E-state index in [1.54, 1.807) is 12.1 Å². The van der Waals surface area contributed by atoms with Crippen molar-refractivity contribution in [3.05, 3.63) is 17.7 Å². The molecule has 1 aromatic carbocycles. The van der Waals surface area contributed by atoms with Crippen LogP contribution in [0.4, 0.5) is 13.2 Å². The van der Waals surface area contributed by atoms with Gasteiger partial charge in [0.1, 0.15) is 0 Å². The van der Waals surface area contributed by atoms with Crippen molar-refractivity contribution in [3.63, 3.8) is 0 Å². The molecule has 9 heteroatoms. The molecule has 1 atom stereocenters. The summed E-state index contributed by atoms with van der Waals surface area (Å²) < 4.78 is 55.1. The van der Waals surface area contributed by atoms with Crippen LogP contribution < -0.4 is 19.5 Å². The summed E-state index contributed by atoms with van der Waals surface area (Å²) in [4.78, 5) is 1.85. The van der Waals surface area contributed by atoms with Crippen LogP contribution in [0.2, 0.25) is 0 Å². The van der Waals surface area contributed by atoms with Crippen molar-refractivity contribution < 1.29 is 27.4 Å². The van der Waals surface area contributed by atoms with E-state index >= 15 is 0 Å². The van der Waals surface area contributed by atoms with Gasteiger partial charge in [-0.05, 0) is 17.7 Å². The maximum atomic E-state index is 13.1. The number of nitrogens with one attached hydrogen (secondary N) is 1. The second-order valence-electron chi connectivity index (χ2n) is 5.58. The van der Waals surface area contributed by atoms with Crippen LogP contribution in [0.25, 0.3) is 0 Å². The van der Waals surface area contributed by atoms with Crippen molar-refractivity contribution in [2.45, 2.75) is 18.6 Å². The van der Waals surface area contributed by atoms with E-state index in [9.17, 15) is 13.2 Å². The largest absolute Gasteiger partial charge is 0.493 e. The van der Waals surface area contributed by atoms with Crippen molar-refractivity contribution in [3.8, 4) is 17.2 Å². The number of rotatable bonds is 4. The molecule has 0 unspecified atom stereocenters. The van der Waals surface area contributed by atoms with Gasteiger partial charge < -0.3 is 19.5 Å². The average Bonchev–Trinajstić information content (AvgIpc) is 3.00. The van der Waals surface area contributed by atoms with E-state index in [0.717, 1.165) is 0 Å². The zero-order valence-electron chi connectivity index (χ0n) is 13.2. The smallest absolute Gasteiger partial charge is 0.390 e. The summed E-state index contributed by atoms with van der Waals surface area (Å²) in [6, 6.07) is 2.48. The first-order valence-electron chi connectivity index (χ1n) is 7.47. The van der Waals surface area contributed by atoms with Crippen LogP contribution >= 0.6 is 12.4 Å². The third kappa shape index (κ3) is 4.17. The molecule has 1 aromatic rings. The van der Waals surface area contributed by atoms with Crippen molar-refractivity contribution in [1.82, 2.24) is 10.2 Å². The molecule has 1 saturated heterocycles. The third-order valence-corrected chi connectivity index (χ3v) is 4.08. The molecule has 0 saturated carbocycles. The minimum absolute atomic E-state index is 0. The molecule has 0 spiro atoms. The van der Waals surface area contributed by atoms with Gasteiger partial charge in [-0.3, -0.25) is 4.90 Å². The molecule has 2 aliphatic heterocycles. The molecule has 2 aliphatic rings. The highest BCUT2D eigenvalue weighted by molar-refractivity contribution is 5.85. The Balaban J connectivity index is 0.00000208. The lowest BCUT2D eigenvalue weighted by Crippen LogP contribution is -2.46. The first-order chi connectivity index (χ1) is 11.0. The number of halogens is 4. The van der Waals surface area contributed by atoms with E-state index in [1.807, 2.05) is 4.90 Å². The fourth-order valence-electron chi connectivity index (χ4n) is 3.01. The number of hydrogen-bond acceptors (Lipinski definition) is 5. The number of nitrogens with zero attached hydrogens (tertiary/aromatic N) is 1. The molecule has 1 fully saturated rings. The fourth-order valence-corrected chi connectivity index (χ4v) is 3.01. The Morgan fingerprint density at radius 2 is 1.96 bits per heavy atom. The molecule has 0 aromatic heterocycles. The predicted octanol–water partition coefficient (Wildman–Crippen LogP) is 2.74. The Labute approximate surface area is 144 Å². The molecular formula is C15H20ClF3N2O3. The zero-order chi connectivity index (χ0) is 16.4. The van der Waals surface area contributed by atoms with Gasteiger partial charge in [0.2, 0.25) is 12.5 Å². The summed E-state index contributed by atoms with van der Waals surface area (Å²) in [6.45, 7) is 2.54. The van der Waals surface area contributed by atoms with Gasteiger partial charge in [0.25, 0.3) is 0 Å². The van der Waals surface area contributed by atoms with E-state index < -0.39 is 18.6 Å². The fraction of sp³-hybridized carbons (Fsp3) is 0.600. The molecule has 1 N–H and O–H groups in total. The normalized spacial score (nSPS) is 18.8. The minimum atomic E-state index is -4.25. The minimum Gasteiger partial charge on any atom is -0.493 e. The second-order valence-corrected chi connectivity index (χ2v) is 5.58. The van der Waals surface area contributed by atoms with Crippen LogP contribution in [0.1, 0.15) is 18.0 Å². The molecule has 2 heterocycles. The first kappa shape index (κ1) is 19.0. The number of benzene rings is 1. The van der Waals surface area contributed by atoms with Crippen LogP contribution in [0.5, 0.6) is 17.2 Å². The topological polar surface area (TPSA) is 43.0 Å². The van der Waals surface area contributed by atoms with Gasteiger partial charge in [0.05, 0.1) is 13.5 Å². The van der Waals surface area contributed by atoms with Gasteiger partial charge in [0, 0.05) is 32.2 Å². The monoisotopic (exact) mass is 368 g/mol. The SMILES string of the molecule is COc1cc([C@H](CC(F)(F)F)N2CCNCC2)cc2c1OCO2.Cl. The highest BCUT2D eigenvalue weighted by Gasteiger charge is 2.37. The highest BCUT2D eigenvalue weighted by Crippen LogP contribution is 2.45. The number of methoxy groups -OCH3 is 1. The van der Waals surface area contributed by atoms with Crippen LogP contribution in [-0.4, -0.2) is 51.2 Å². The highest BCUT2D eigenvalue weighted by atomic mass is 35.5. The van der Waals surface area contributed by atoms with E-state index in [2.05, 4.69) is 5.32 Å². The number of hydrogen-bond donors (Lipinski definition) is 1. The van der Waals surface area contributed by atoms with Crippen molar-refractivity contribution >= 4 is 12.4 Å². The van der Waals surface area contributed by atoms with E-state index in [-0.39, 0.29) is 19.2 Å². The molecule has 0 bridgehead atoms. The predicted molar refractivity (Wildman–Crippen MR) is 84.2 cm³/mol. The third-order valence-electron chi connectivity index (χ3n) is 4.08. The van der Waals surface area contributed by atoms with Gasteiger partial charge in [-0.1, -0.05) is 0 Å². The summed E-state index contributed by atoms with van der Waals surface area (Å²) in [6.07, 6.45) is -5.16. The number of alkyl halides is 3. The molecule has 3 rings (SSSR count). The lowest BCUT2D eigenvalue weighted by molar-refractivity contribution is -0.148. The average molecular weight is 369 g/mol. The number of ether oxygens (including phenoxy) is 3. The summed E-state index contributed by atoms with van der Waals surface area (Å²) in [5.74, 6) is 1.28. The number of fused-ring (bicyclic) bond motifs is 1. The summed E-state index contributed by atoms with van der Waals surface area (Å²) >= 11 is 0. The molecule has 5 nitrogen and oxygen atoms in total. The van der Waals surface area contributed by atoms with E-state index in [4.69, 9.17) is 14.2 Å². The maximum absolute atomic E-state index is 13.1. The Kier molecular flexibility index (Phi) is 6.06. The van der Waals surface area contributed by atoms with Crippen molar-refractivity contribution in [2.24, 2.45) is 0 Å². The van der Waals surface area contributed by atoms with Crippen LogP contribution in [-0.2, 0) is 0 Å². The van der Waals surface area contributed by atoms with Crippen molar-refractivity contribution in [2.75, 3.05) is 40.1 Å². The first-order valence-corrected chi connectivity index (χ1v) is 7.47. The number of piperazine rings is 1. The Hall–Kier alpha value is -1.38. The second kappa shape index (κ2) is 7.67. The summed E-state index contributed by atoms with van der Waals surface area (Å²) in [5.41, 5.74) is 0.533. The Morgan fingerprint density at radius 3 is 2.58 bits per heavy atom. The van der Waals surface area contributed by atoms with Crippen molar-refractivity contribution in [1.29, 1.82) is 0 Å². The molecule has 136 valence electrons. The lowest BCUT2D eigenvalue weighted by atomic mass is 9.99. The summed E-state index contributed by atoms with van der Waals surface area (Å²) in [7, 11) is 1.46. The Morgan fingerprint density at radius 1 is 1.25 bits per heavy atom. The van der Waals surface area contributed by atoms with Crippen LogP contribution in [0.15, 0.2) is 12.1 Å². The van der Waals surface area contributed by atoms with Gasteiger partial charge in [0.15, 0.2) is 11.5 Å². The standard InChI is InChI=1S/C15H19F3N2O3.ClH/c1-21-12-6-10(7-13-14(12)23-9-22-13)11(8-15(16,17)18)20-4-2-19-3-5-20;/h6-7,11,19H,2-5,8-9H2,1H3;1H/t11-;/m0./s1. The van der Waals surface area contributed by atoms with Gasteiger partial charge in [-0.2, -0.15) is 13.2 Å². The van der Waals surface area contributed by atoms with Gasteiger partial charge in [-0.25, -0.2) is 0 Å². The van der Waals surface area contributed by atoms with E-state index in [1.165, 1.54) is 7.11 Å². The van der Waals surface area contributed by atoms with Gasteiger partial charge >= 0.3 is 6.18 Å². The molecule has 0 amide bonds. The molecule has 24 heavy (non-hydrogen) atoms. The van der Waals surface area contributed by atoms with Crippen LogP contribution in [0, 0.1) is 0 Å². The molecule has 0 aliphatic carbocycles. The van der Waals surface area contributed by atoms with Crippen LogP contribution in [0.3, 0.4) is 0 Å². The summed E-state index contributed by atoms with van der Waals surface area (Å²) in [5, 5.41) is 3.16.